The predicted molar refractivity (Wildman–Crippen MR) is 99.2 cm³/mol. The van der Waals surface area contributed by atoms with Gasteiger partial charge in [0.2, 0.25) is 0 Å². The normalized spacial score (nSPS) is 15.4. The fourth-order valence-electron chi connectivity index (χ4n) is 3.62. The van der Waals surface area contributed by atoms with Crippen molar-refractivity contribution in [2.24, 2.45) is 5.73 Å². The molecule has 1 fully saturated rings. The third-order valence-electron chi connectivity index (χ3n) is 4.86. The van der Waals surface area contributed by atoms with Crippen LogP contribution < -0.4 is 11.4 Å². The van der Waals surface area contributed by atoms with E-state index in [0.717, 1.165) is 25.7 Å². The maximum absolute atomic E-state index is 12.6. The molecule has 134 valence electrons. The van der Waals surface area contributed by atoms with Crippen molar-refractivity contribution in [3.8, 4) is 11.4 Å². The maximum Gasteiger partial charge on any atom is 0.327 e. The molecule has 0 saturated heterocycles. The van der Waals surface area contributed by atoms with E-state index >= 15 is 0 Å². The predicted octanol–water partition coefficient (Wildman–Crippen LogP) is 3.04. The van der Waals surface area contributed by atoms with Crippen molar-refractivity contribution in [2.75, 3.05) is 0 Å². The van der Waals surface area contributed by atoms with Crippen LogP contribution in [0.1, 0.15) is 48.6 Å². The van der Waals surface area contributed by atoms with Crippen LogP contribution in [0, 0.1) is 0 Å². The molecule has 1 amide bonds. The zero-order chi connectivity index (χ0) is 18.3. The number of halogens is 1. The van der Waals surface area contributed by atoms with Gasteiger partial charge in [-0.05, 0) is 25.0 Å². The van der Waals surface area contributed by atoms with Gasteiger partial charge < -0.3 is 10.7 Å². The highest BCUT2D eigenvalue weighted by Gasteiger charge is 2.25. The molecule has 7 nitrogen and oxygen atoms in total. The summed E-state index contributed by atoms with van der Waals surface area (Å²) in [5.41, 5.74) is 6.48. The lowest BCUT2D eigenvalue weighted by molar-refractivity contribution is 0.0997. The summed E-state index contributed by atoms with van der Waals surface area (Å²) in [6.07, 6.45) is 5.11. The first-order chi connectivity index (χ1) is 12.6. The number of primary amides is 1. The molecule has 3 N–H and O–H groups in total. The number of carbonyl (C=O) groups is 1. The Hall–Kier alpha value is -2.67. The van der Waals surface area contributed by atoms with Crippen molar-refractivity contribution < 1.29 is 4.79 Å². The number of hydrogen-bond acceptors (Lipinski definition) is 4. The number of benzene rings is 1. The zero-order valence-electron chi connectivity index (χ0n) is 14.0. The van der Waals surface area contributed by atoms with Crippen LogP contribution in [0.3, 0.4) is 0 Å². The molecule has 8 heteroatoms. The smallest absolute Gasteiger partial charge is 0.327 e. The molecule has 0 spiro atoms. The van der Waals surface area contributed by atoms with Gasteiger partial charge in [-0.25, -0.2) is 14.8 Å². The van der Waals surface area contributed by atoms with E-state index in [2.05, 4.69) is 15.0 Å². The van der Waals surface area contributed by atoms with Gasteiger partial charge in [-0.15, -0.1) is 0 Å². The van der Waals surface area contributed by atoms with E-state index in [0.29, 0.717) is 16.2 Å². The molecule has 0 bridgehead atoms. The van der Waals surface area contributed by atoms with Crippen molar-refractivity contribution in [1.82, 2.24) is 19.5 Å². The number of nitrogens with one attached hydrogen (secondary N) is 1. The molecule has 1 aliphatic carbocycles. The lowest BCUT2D eigenvalue weighted by atomic mass is 9.95. The largest absolute Gasteiger partial charge is 0.364 e. The van der Waals surface area contributed by atoms with Crippen LogP contribution >= 0.6 is 11.6 Å². The highest BCUT2D eigenvalue weighted by atomic mass is 35.5. The van der Waals surface area contributed by atoms with Crippen molar-refractivity contribution in [1.29, 1.82) is 0 Å². The monoisotopic (exact) mass is 371 g/mol. The van der Waals surface area contributed by atoms with Crippen LogP contribution in [0.25, 0.3) is 22.6 Å². The molecule has 1 aliphatic rings. The standard InChI is InChI=1S/C18H18ClN5O2/c19-12-9-5-4-8-11(12)16-21-13(15(20)25)14-17(23-16)24(18(26)22-14)10-6-2-1-3-7-10/h4-5,8-10H,1-3,6-7H2,(H2,20,25)(H,22,26). The minimum Gasteiger partial charge on any atom is -0.364 e. The molecule has 0 atom stereocenters. The molecule has 1 saturated carbocycles. The van der Waals surface area contributed by atoms with Crippen molar-refractivity contribution in [3.63, 3.8) is 0 Å². The summed E-state index contributed by atoms with van der Waals surface area (Å²) in [6.45, 7) is 0. The minimum absolute atomic E-state index is 0.00317. The number of imidazole rings is 1. The van der Waals surface area contributed by atoms with E-state index < -0.39 is 5.91 Å². The van der Waals surface area contributed by atoms with Crippen molar-refractivity contribution in [2.45, 2.75) is 38.1 Å². The van der Waals surface area contributed by atoms with E-state index in [1.54, 1.807) is 22.8 Å². The second-order valence-corrected chi connectivity index (χ2v) is 6.94. The van der Waals surface area contributed by atoms with Gasteiger partial charge in [-0.3, -0.25) is 9.36 Å². The van der Waals surface area contributed by atoms with E-state index in [1.807, 2.05) is 6.07 Å². The molecule has 2 aromatic heterocycles. The maximum atomic E-state index is 12.6. The molecular weight excluding hydrogens is 354 g/mol. The van der Waals surface area contributed by atoms with E-state index in [1.165, 1.54) is 6.42 Å². The molecule has 2 heterocycles. The average molecular weight is 372 g/mol. The quantitative estimate of drug-likeness (QED) is 0.737. The van der Waals surface area contributed by atoms with Gasteiger partial charge in [0, 0.05) is 11.6 Å². The summed E-state index contributed by atoms with van der Waals surface area (Å²) in [6, 6.07) is 7.15. The molecule has 26 heavy (non-hydrogen) atoms. The fourth-order valence-corrected chi connectivity index (χ4v) is 3.84. The Morgan fingerprint density at radius 2 is 1.92 bits per heavy atom. The first-order valence-corrected chi connectivity index (χ1v) is 9.01. The number of fused-ring (bicyclic) bond motifs is 1. The second kappa shape index (κ2) is 6.57. The molecule has 0 aliphatic heterocycles. The van der Waals surface area contributed by atoms with Gasteiger partial charge in [-0.2, -0.15) is 0 Å². The van der Waals surface area contributed by atoms with Crippen molar-refractivity contribution >= 4 is 28.7 Å². The molecule has 4 rings (SSSR count). The highest BCUT2D eigenvalue weighted by molar-refractivity contribution is 6.33. The molecule has 0 unspecified atom stereocenters. The number of carbonyl (C=O) groups excluding carboxylic acids is 1. The summed E-state index contributed by atoms with van der Waals surface area (Å²) in [5.74, 6) is -0.441. The van der Waals surface area contributed by atoms with E-state index in [4.69, 9.17) is 17.3 Å². The Morgan fingerprint density at radius 3 is 2.62 bits per heavy atom. The summed E-state index contributed by atoms with van der Waals surface area (Å²) in [5, 5.41) is 0.462. The van der Waals surface area contributed by atoms with Gasteiger partial charge >= 0.3 is 5.69 Å². The summed E-state index contributed by atoms with van der Waals surface area (Å²) < 4.78 is 1.64. The van der Waals surface area contributed by atoms with E-state index in [-0.39, 0.29) is 28.8 Å². The molecule has 3 aromatic rings. The van der Waals surface area contributed by atoms with Gasteiger partial charge in [-0.1, -0.05) is 43.0 Å². The minimum atomic E-state index is -0.720. The number of nitrogens with two attached hydrogens (primary N) is 1. The van der Waals surface area contributed by atoms with Crippen LogP contribution in [0.4, 0.5) is 0 Å². The first kappa shape index (κ1) is 16.8. The van der Waals surface area contributed by atoms with Gasteiger partial charge in [0.25, 0.3) is 5.91 Å². The van der Waals surface area contributed by atoms with Crippen LogP contribution in [0.5, 0.6) is 0 Å². The summed E-state index contributed by atoms with van der Waals surface area (Å²) >= 11 is 6.26. The average Bonchev–Trinajstić information content (AvgIpc) is 2.97. The Kier molecular flexibility index (Phi) is 4.24. The Bertz CT molecular complexity index is 1050. The third-order valence-corrected chi connectivity index (χ3v) is 5.19. The Labute approximate surface area is 154 Å². The van der Waals surface area contributed by atoms with Gasteiger partial charge in [0.15, 0.2) is 17.2 Å². The second-order valence-electron chi connectivity index (χ2n) is 6.53. The van der Waals surface area contributed by atoms with Crippen molar-refractivity contribution in [3.05, 3.63) is 45.5 Å². The summed E-state index contributed by atoms with van der Waals surface area (Å²) in [7, 11) is 0. The van der Waals surface area contributed by atoms with Gasteiger partial charge in [0.05, 0.1) is 5.02 Å². The number of nitrogens with zero attached hydrogens (tertiary/aromatic N) is 3. The molecular formula is C18H18ClN5O2. The lowest BCUT2D eigenvalue weighted by Gasteiger charge is -2.22. The van der Waals surface area contributed by atoms with Crippen LogP contribution in [-0.2, 0) is 0 Å². The zero-order valence-corrected chi connectivity index (χ0v) is 14.8. The number of amides is 1. The van der Waals surface area contributed by atoms with Crippen LogP contribution in [0.15, 0.2) is 29.1 Å². The third kappa shape index (κ3) is 2.78. The Morgan fingerprint density at radius 1 is 1.19 bits per heavy atom. The highest BCUT2D eigenvalue weighted by Crippen LogP contribution is 2.31. The molecule has 0 radical (unpaired) electrons. The lowest BCUT2D eigenvalue weighted by Crippen LogP contribution is -2.24. The van der Waals surface area contributed by atoms with Gasteiger partial charge in [0.1, 0.15) is 5.52 Å². The number of hydrogen-bond donors (Lipinski definition) is 2. The Balaban J connectivity index is 2.00. The number of aromatic nitrogens is 4. The molecule has 1 aromatic carbocycles. The number of rotatable bonds is 3. The summed E-state index contributed by atoms with van der Waals surface area (Å²) in [4.78, 5) is 36.1. The van der Waals surface area contributed by atoms with Crippen LogP contribution in [0.2, 0.25) is 5.02 Å². The van der Waals surface area contributed by atoms with E-state index in [9.17, 15) is 9.59 Å². The topological polar surface area (TPSA) is 107 Å². The number of aromatic amines is 1. The first-order valence-electron chi connectivity index (χ1n) is 8.63. The number of H-pyrrole nitrogens is 1. The fraction of sp³-hybridized carbons (Fsp3) is 0.333. The van der Waals surface area contributed by atoms with Crippen LogP contribution in [-0.4, -0.2) is 25.4 Å². The SMILES string of the molecule is NC(=O)c1nc(-c2ccccc2Cl)nc2c1[nH]c(=O)n2C1CCCCC1.